The van der Waals surface area contributed by atoms with E-state index >= 15 is 0 Å². The monoisotopic (exact) mass is 246 g/mol. The number of rotatable bonds is 5. The lowest BCUT2D eigenvalue weighted by atomic mass is 10.0. The quantitative estimate of drug-likeness (QED) is 0.858. The van der Waals surface area contributed by atoms with E-state index in [0.717, 1.165) is 19.6 Å². The Hall–Kier alpha value is -0.860. The van der Waals surface area contributed by atoms with Crippen LogP contribution in [0.15, 0.2) is 24.3 Å². The van der Waals surface area contributed by atoms with Gasteiger partial charge in [0.2, 0.25) is 0 Å². The molecule has 1 aromatic rings. The first-order valence-corrected chi connectivity index (χ1v) is 7.07. The SMILES string of the molecule is CCC(C)(C)NCC(C)N1Cc2ccccc2C1. The molecule has 2 nitrogen and oxygen atoms in total. The maximum Gasteiger partial charge on any atom is 0.0243 e. The predicted octanol–water partition coefficient (Wildman–Crippen LogP) is 3.17. The van der Waals surface area contributed by atoms with Gasteiger partial charge in [-0.25, -0.2) is 0 Å². The highest BCUT2D eigenvalue weighted by atomic mass is 15.2. The Labute approximate surface area is 111 Å². The average molecular weight is 246 g/mol. The van der Waals surface area contributed by atoms with Gasteiger partial charge in [-0.1, -0.05) is 31.2 Å². The van der Waals surface area contributed by atoms with Crippen molar-refractivity contribution in [1.82, 2.24) is 10.2 Å². The third kappa shape index (κ3) is 3.12. The second-order valence-corrected chi connectivity index (χ2v) is 6.14. The van der Waals surface area contributed by atoms with E-state index in [0.29, 0.717) is 6.04 Å². The highest BCUT2D eigenvalue weighted by Gasteiger charge is 2.24. The van der Waals surface area contributed by atoms with Crippen LogP contribution in [0.5, 0.6) is 0 Å². The summed E-state index contributed by atoms with van der Waals surface area (Å²) in [5.41, 5.74) is 3.25. The summed E-state index contributed by atoms with van der Waals surface area (Å²) in [5, 5.41) is 3.67. The van der Waals surface area contributed by atoms with Crippen molar-refractivity contribution in [3.63, 3.8) is 0 Å². The van der Waals surface area contributed by atoms with Crippen LogP contribution < -0.4 is 5.32 Å². The molecule has 0 saturated carbocycles. The fourth-order valence-corrected chi connectivity index (χ4v) is 2.35. The smallest absolute Gasteiger partial charge is 0.0243 e. The minimum absolute atomic E-state index is 0.251. The molecule has 0 bridgehead atoms. The highest BCUT2D eigenvalue weighted by molar-refractivity contribution is 5.30. The van der Waals surface area contributed by atoms with E-state index in [1.165, 1.54) is 17.5 Å². The predicted molar refractivity (Wildman–Crippen MR) is 77.5 cm³/mol. The molecular weight excluding hydrogens is 220 g/mol. The molecule has 0 radical (unpaired) electrons. The highest BCUT2D eigenvalue weighted by Crippen LogP contribution is 2.24. The summed E-state index contributed by atoms with van der Waals surface area (Å²) in [5.74, 6) is 0. The Morgan fingerprint density at radius 3 is 2.28 bits per heavy atom. The van der Waals surface area contributed by atoms with Crippen LogP contribution in [0, 0.1) is 0 Å². The van der Waals surface area contributed by atoms with Gasteiger partial charge in [-0.2, -0.15) is 0 Å². The zero-order valence-corrected chi connectivity index (χ0v) is 12.2. The van der Waals surface area contributed by atoms with Crippen LogP contribution in [0.4, 0.5) is 0 Å². The first-order valence-electron chi connectivity index (χ1n) is 7.07. The first kappa shape index (κ1) is 13.6. The Morgan fingerprint density at radius 1 is 1.22 bits per heavy atom. The molecule has 18 heavy (non-hydrogen) atoms. The molecule has 0 saturated heterocycles. The Morgan fingerprint density at radius 2 is 1.78 bits per heavy atom. The molecule has 0 spiro atoms. The van der Waals surface area contributed by atoms with E-state index in [2.05, 4.69) is 62.2 Å². The molecule has 1 N–H and O–H groups in total. The van der Waals surface area contributed by atoms with Gasteiger partial charge < -0.3 is 5.32 Å². The number of nitrogens with zero attached hydrogens (tertiary/aromatic N) is 1. The van der Waals surface area contributed by atoms with Crippen molar-refractivity contribution in [3.05, 3.63) is 35.4 Å². The summed E-state index contributed by atoms with van der Waals surface area (Å²) in [6.07, 6.45) is 1.17. The van der Waals surface area contributed by atoms with E-state index in [1.54, 1.807) is 0 Å². The van der Waals surface area contributed by atoms with Crippen LogP contribution in [0.2, 0.25) is 0 Å². The van der Waals surface area contributed by atoms with Gasteiger partial charge >= 0.3 is 0 Å². The van der Waals surface area contributed by atoms with Gasteiger partial charge in [0.15, 0.2) is 0 Å². The largest absolute Gasteiger partial charge is 0.310 e. The molecule has 1 aliphatic rings. The van der Waals surface area contributed by atoms with E-state index in [9.17, 15) is 0 Å². The summed E-state index contributed by atoms with van der Waals surface area (Å²) in [6, 6.07) is 9.39. The first-order chi connectivity index (χ1) is 8.52. The number of hydrogen-bond donors (Lipinski definition) is 1. The molecule has 1 aromatic carbocycles. The Bertz CT molecular complexity index is 373. The fraction of sp³-hybridized carbons (Fsp3) is 0.625. The van der Waals surface area contributed by atoms with Crippen LogP contribution in [0.1, 0.15) is 45.2 Å². The number of nitrogens with one attached hydrogen (secondary N) is 1. The lowest BCUT2D eigenvalue weighted by molar-refractivity contribution is 0.194. The van der Waals surface area contributed by atoms with Crippen molar-refractivity contribution < 1.29 is 0 Å². The van der Waals surface area contributed by atoms with Gasteiger partial charge in [0.05, 0.1) is 0 Å². The standard InChI is InChI=1S/C16H26N2/c1-5-16(3,4)17-10-13(2)18-11-14-8-6-7-9-15(14)12-18/h6-9,13,17H,5,10-12H2,1-4H3. The van der Waals surface area contributed by atoms with Gasteiger partial charge in [-0.05, 0) is 38.3 Å². The normalized spacial score (nSPS) is 17.8. The number of fused-ring (bicyclic) bond motifs is 1. The van der Waals surface area contributed by atoms with Crippen LogP contribution in [-0.4, -0.2) is 23.0 Å². The molecule has 1 heterocycles. The average Bonchev–Trinajstić information content (AvgIpc) is 2.80. The fourth-order valence-electron chi connectivity index (χ4n) is 2.35. The van der Waals surface area contributed by atoms with E-state index in [4.69, 9.17) is 0 Å². The summed E-state index contributed by atoms with van der Waals surface area (Å²) in [7, 11) is 0. The minimum Gasteiger partial charge on any atom is -0.310 e. The molecule has 0 amide bonds. The zero-order chi connectivity index (χ0) is 13.2. The van der Waals surface area contributed by atoms with Gasteiger partial charge in [0.1, 0.15) is 0 Å². The molecular formula is C16H26N2. The summed E-state index contributed by atoms with van der Waals surface area (Å²) in [6.45, 7) is 12.4. The molecule has 100 valence electrons. The molecule has 1 unspecified atom stereocenters. The van der Waals surface area contributed by atoms with Crippen molar-refractivity contribution in [1.29, 1.82) is 0 Å². The van der Waals surface area contributed by atoms with Gasteiger partial charge in [0.25, 0.3) is 0 Å². The van der Waals surface area contributed by atoms with Crippen molar-refractivity contribution >= 4 is 0 Å². The van der Waals surface area contributed by atoms with Crippen molar-refractivity contribution in [2.45, 2.75) is 58.8 Å². The topological polar surface area (TPSA) is 15.3 Å². The molecule has 1 aliphatic heterocycles. The molecule has 1 atom stereocenters. The Balaban J connectivity index is 1.88. The van der Waals surface area contributed by atoms with Gasteiger partial charge in [-0.3, -0.25) is 4.90 Å². The Kier molecular flexibility index (Phi) is 4.08. The number of benzene rings is 1. The molecule has 0 aliphatic carbocycles. The van der Waals surface area contributed by atoms with Crippen molar-refractivity contribution in [2.75, 3.05) is 6.54 Å². The van der Waals surface area contributed by atoms with E-state index < -0.39 is 0 Å². The van der Waals surface area contributed by atoms with Crippen LogP contribution >= 0.6 is 0 Å². The summed E-state index contributed by atoms with van der Waals surface area (Å²) >= 11 is 0. The van der Waals surface area contributed by atoms with Gasteiger partial charge in [0, 0.05) is 31.2 Å². The molecule has 2 rings (SSSR count). The van der Waals surface area contributed by atoms with Crippen molar-refractivity contribution in [3.8, 4) is 0 Å². The lowest BCUT2D eigenvalue weighted by Crippen LogP contribution is -2.46. The van der Waals surface area contributed by atoms with Gasteiger partial charge in [-0.15, -0.1) is 0 Å². The number of hydrogen-bond acceptors (Lipinski definition) is 2. The molecule has 2 heteroatoms. The zero-order valence-electron chi connectivity index (χ0n) is 12.2. The van der Waals surface area contributed by atoms with Crippen LogP contribution in [0.25, 0.3) is 0 Å². The summed E-state index contributed by atoms with van der Waals surface area (Å²) < 4.78 is 0. The van der Waals surface area contributed by atoms with E-state index in [-0.39, 0.29) is 5.54 Å². The lowest BCUT2D eigenvalue weighted by Gasteiger charge is -2.30. The molecule has 0 fully saturated rings. The second kappa shape index (κ2) is 5.41. The maximum absolute atomic E-state index is 3.67. The third-order valence-corrected chi connectivity index (χ3v) is 4.25. The van der Waals surface area contributed by atoms with Crippen LogP contribution in [0.3, 0.4) is 0 Å². The molecule has 0 aromatic heterocycles. The second-order valence-electron chi connectivity index (χ2n) is 6.14. The summed E-state index contributed by atoms with van der Waals surface area (Å²) in [4.78, 5) is 2.56. The minimum atomic E-state index is 0.251. The van der Waals surface area contributed by atoms with Crippen LogP contribution in [-0.2, 0) is 13.1 Å². The van der Waals surface area contributed by atoms with E-state index in [1.807, 2.05) is 0 Å². The third-order valence-electron chi connectivity index (χ3n) is 4.25. The van der Waals surface area contributed by atoms with Crippen molar-refractivity contribution in [2.24, 2.45) is 0 Å². The maximum atomic E-state index is 3.67.